The molecular weight excluding hydrogens is 415 g/mol. The van der Waals surface area contributed by atoms with E-state index in [1.54, 1.807) is 6.20 Å². The lowest BCUT2D eigenvalue weighted by molar-refractivity contribution is -0.137. The van der Waals surface area contributed by atoms with Crippen molar-refractivity contribution in [2.24, 2.45) is 0 Å². The van der Waals surface area contributed by atoms with Gasteiger partial charge in [0.25, 0.3) is 0 Å². The van der Waals surface area contributed by atoms with E-state index >= 15 is 0 Å². The fourth-order valence-electron chi connectivity index (χ4n) is 2.98. The van der Waals surface area contributed by atoms with Crippen molar-refractivity contribution in [2.75, 3.05) is 0 Å². The second kappa shape index (κ2) is 7.75. The molecule has 2 heterocycles. The second-order valence-corrected chi connectivity index (χ2v) is 7.34. The van der Waals surface area contributed by atoms with Gasteiger partial charge in [-0.05, 0) is 17.7 Å². The molecule has 0 fully saturated rings. The molecule has 0 spiro atoms. The van der Waals surface area contributed by atoms with Gasteiger partial charge in [-0.15, -0.1) is 11.3 Å². The minimum atomic E-state index is -4.38. The van der Waals surface area contributed by atoms with E-state index in [0.717, 1.165) is 34.6 Å². The van der Waals surface area contributed by atoms with E-state index in [4.69, 9.17) is 5.11 Å². The van der Waals surface area contributed by atoms with Crippen LogP contribution in [0.15, 0.2) is 66.2 Å². The van der Waals surface area contributed by atoms with Gasteiger partial charge in [-0.25, -0.2) is 14.5 Å². The predicted octanol–water partition coefficient (Wildman–Crippen LogP) is 5.30. The van der Waals surface area contributed by atoms with E-state index in [9.17, 15) is 18.0 Å². The molecule has 0 bridgehead atoms. The molecule has 0 saturated carbocycles. The monoisotopic (exact) mass is 429 g/mol. The van der Waals surface area contributed by atoms with Crippen LogP contribution in [0.2, 0.25) is 0 Å². The van der Waals surface area contributed by atoms with Gasteiger partial charge in [0.05, 0.1) is 11.3 Å². The van der Waals surface area contributed by atoms with Crippen molar-refractivity contribution >= 4 is 17.3 Å². The fourth-order valence-corrected chi connectivity index (χ4v) is 3.70. The maximum Gasteiger partial charge on any atom is 0.416 e. The highest BCUT2D eigenvalue weighted by Crippen LogP contribution is 2.31. The smallest absolute Gasteiger partial charge is 0.416 e. The Morgan fingerprint density at radius 2 is 1.77 bits per heavy atom. The topological polar surface area (TPSA) is 68.0 Å². The molecule has 4 aromatic rings. The minimum Gasteiger partial charge on any atom is -0.476 e. The minimum absolute atomic E-state index is 0.0731. The van der Waals surface area contributed by atoms with Gasteiger partial charge in [0.15, 0.2) is 5.69 Å². The van der Waals surface area contributed by atoms with E-state index in [0.29, 0.717) is 22.8 Å². The second-order valence-electron chi connectivity index (χ2n) is 6.51. The maximum atomic E-state index is 12.8. The highest BCUT2D eigenvalue weighted by atomic mass is 32.1. The van der Waals surface area contributed by atoms with Crippen molar-refractivity contribution in [3.63, 3.8) is 0 Å². The Labute approximate surface area is 173 Å². The number of halogens is 3. The average molecular weight is 429 g/mol. The highest BCUT2D eigenvalue weighted by Gasteiger charge is 2.30. The molecule has 0 radical (unpaired) electrons. The Morgan fingerprint density at radius 3 is 2.37 bits per heavy atom. The largest absolute Gasteiger partial charge is 0.476 e. The Kier molecular flexibility index (Phi) is 5.13. The molecule has 30 heavy (non-hydrogen) atoms. The van der Waals surface area contributed by atoms with E-state index in [1.807, 2.05) is 30.3 Å². The summed E-state index contributed by atoms with van der Waals surface area (Å²) < 4.78 is 40.0. The molecule has 0 aliphatic heterocycles. The molecular formula is C21H14F3N3O2S. The van der Waals surface area contributed by atoms with Crippen LogP contribution in [0.5, 0.6) is 0 Å². The number of thiazole rings is 1. The van der Waals surface area contributed by atoms with E-state index in [2.05, 4.69) is 10.1 Å². The number of aromatic carboxylic acids is 1. The summed E-state index contributed by atoms with van der Waals surface area (Å²) in [5.74, 6) is -1.13. The van der Waals surface area contributed by atoms with Crippen molar-refractivity contribution in [3.05, 3.63) is 88.6 Å². The molecule has 0 saturated heterocycles. The zero-order valence-corrected chi connectivity index (χ0v) is 16.1. The Balaban J connectivity index is 1.72. The van der Waals surface area contributed by atoms with E-state index < -0.39 is 17.7 Å². The third kappa shape index (κ3) is 4.11. The SMILES string of the molecule is O=C(O)c1csc(-n2cc(Cc3ccc(C(F)(F)F)cc3)c(-c3ccccc3)n2)n1. The molecule has 4 rings (SSSR count). The summed E-state index contributed by atoms with van der Waals surface area (Å²) in [5.41, 5.74) is 2.21. The molecule has 0 atom stereocenters. The molecule has 2 aromatic heterocycles. The first kappa shape index (κ1) is 19.8. The lowest BCUT2D eigenvalue weighted by Gasteiger charge is -2.08. The highest BCUT2D eigenvalue weighted by molar-refractivity contribution is 7.12. The number of rotatable bonds is 5. The van der Waals surface area contributed by atoms with E-state index in [-0.39, 0.29) is 5.69 Å². The lowest BCUT2D eigenvalue weighted by Crippen LogP contribution is -2.04. The zero-order valence-electron chi connectivity index (χ0n) is 15.3. The van der Waals surface area contributed by atoms with Gasteiger partial charge in [-0.1, -0.05) is 42.5 Å². The Hall–Kier alpha value is -3.46. The van der Waals surface area contributed by atoms with Crippen LogP contribution in [0.4, 0.5) is 13.2 Å². The zero-order chi connectivity index (χ0) is 21.3. The van der Waals surface area contributed by atoms with Gasteiger partial charge in [0.1, 0.15) is 0 Å². The number of aromatic nitrogens is 3. The van der Waals surface area contributed by atoms with Gasteiger partial charge < -0.3 is 5.11 Å². The standard InChI is InChI=1S/C21H14F3N3O2S/c22-21(23,24)16-8-6-13(7-9-16)10-15-11-27(20-25-17(12-30-20)19(28)29)26-18(15)14-4-2-1-3-5-14/h1-9,11-12H,10H2,(H,28,29). The normalized spacial score (nSPS) is 11.6. The van der Waals surface area contributed by atoms with Crippen molar-refractivity contribution < 1.29 is 23.1 Å². The van der Waals surface area contributed by atoms with Crippen LogP contribution < -0.4 is 0 Å². The van der Waals surface area contributed by atoms with Gasteiger partial charge in [-0.2, -0.15) is 18.3 Å². The number of alkyl halides is 3. The molecule has 1 N–H and O–H groups in total. The van der Waals surface area contributed by atoms with Crippen LogP contribution in [0.1, 0.15) is 27.2 Å². The number of carbonyl (C=O) groups is 1. The fraction of sp³-hybridized carbons (Fsp3) is 0.0952. The number of hydrogen-bond donors (Lipinski definition) is 1. The van der Waals surface area contributed by atoms with Crippen LogP contribution in [0.3, 0.4) is 0 Å². The van der Waals surface area contributed by atoms with Crippen LogP contribution in [0, 0.1) is 0 Å². The Bertz CT molecular complexity index is 1180. The van der Waals surface area contributed by atoms with Crippen molar-refractivity contribution in [1.82, 2.24) is 14.8 Å². The summed E-state index contributed by atoms with van der Waals surface area (Å²) in [6.45, 7) is 0. The van der Waals surface area contributed by atoms with Gasteiger partial charge in [0.2, 0.25) is 5.13 Å². The first-order valence-electron chi connectivity index (χ1n) is 8.80. The predicted molar refractivity (Wildman–Crippen MR) is 106 cm³/mol. The average Bonchev–Trinajstić information content (AvgIpc) is 3.36. The summed E-state index contributed by atoms with van der Waals surface area (Å²) >= 11 is 1.14. The summed E-state index contributed by atoms with van der Waals surface area (Å²) in [7, 11) is 0. The maximum absolute atomic E-state index is 12.8. The van der Waals surface area contributed by atoms with Gasteiger partial charge in [0, 0.05) is 29.1 Å². The molecule has 0 aliphatic rings. The first-order valence-corrected chi connectivity index (χ1v) is 9.68. The van der Waals surface area contributed by atoms with Gasteiger partial charge in [-0.3, -0.25) is 0 Å². The van der Waals surface area contributed by atoms with Crippen LogP contribution >= 0.6 is 11.3 Å². The van der Waals surface area contributed by atoms with Crippen molar-refractivity contribution in [3.8, 4) is 16.4 Å². The molecule has 2 aromatic carbocycles. The van der Waals surface area contributed by atoms with Gasteiger partial charge >= 0.3 is 12.1 Å². The number of carboxylic acid groups (broad SMARTS) is 1. The summed E-state index contributed by atoms with van der Waals surface area (Å²) in [6.07, 6.45) is -2.30. The molecule has 5 nitrogen and oxygen atoms in total. The molecule has 0 unspecified atom stereocenters. The summed E-state index contributed by atoms with van der Waals surface area (Å²) in [6, 6.07) is 14.4. The Morgan fingerprint density at radius 1 is 1.07 bits per heavy atom. The van der Waals surface area contributed by atoms with Crippen LogP contribution in [-0.4, -0.2) is 25.8 Å². The third-order valence-corrected chi connectivity index (χ3v) is 5.25. The summed E-state index contributed by atoms with van der Waals surface area (Å²) in [5, 5.41) is 15.5. The quantitative estimate of drug-likeness (QED) is 0.467. The molecule has 0 aliphatic carbocycles. The number of carboxylic acids is 1. The lowest BCUT2D eigenvalue weighted by atomic mass is 10.0. The van der Waals surface area contributed by atoms with Crippen LogP contribution in [-0.2, 0) is 12.6 Å². The van der Waals surface area contributed by atoms with Crippen molar-refractivity contribution in [1.29, 1.82) is 0 Å². The molecule has 0 amide bonds. The van der Waals surface area contributed by atoms with Crippen LogP contribution in [0.25, 0.3) is 16.4 Å². The molecule has 152 valence electrons. The van der Waals surface area contributed by atoms with Crippen molar-refractivity contribution in [2.45, 2.75) is 12.6 Å². The van der Waals surface area contributed by atoms with E-state index in [1.165, 1.54) is 22.2 Å². The first-order chi connectivity index (χ1) is 14.3. The number of hydrogen-bond acceptors (Lipinski definition) is 4. The number of nitrogens with zero attached hydrogens (tertiary/aromatic N) is 3. The molecule has 9 heteroatoms. The number of benzene rings is 2. The summed E-state index contributed by atoms with van der Waals surface area (Å²) in [4.78, 5) is 15.2. The third-order valence-electron chi connectivity index (χ3n) is 4.42.